The molecule has 80 valence electrons. The number of nitrogens with two attached hydrogens (primary N) is 1. The van der Waals surface area contributed by atoms with Gasteiger partial charge in [0.2, 0.25) is 0 Å². The first-order valence-electron chi connectivity index (χ1n) is 3.76. The van der Waals surface area contributed by atoms with Crippen LogP contribution >= 0.6 is 0 Å². The second-order valence-corrected chi connectivity index (χ2v) is 2.66. The Hall–Kier alpha value is -1.97. The molecule has 0 saturated heterocycles. The van der Waals surface area contributed by atoms with Gasteiger partial charge in [0, 0.05) is 0 Å². The van der Waals surface area contributed by atoms with Gasteiger partial charge in [-0.15, -0.1) is 13.2 Å². The van der Waals surface area contributed by atoms with E-state index in [9.17, 15) is 13.2 Å². The molecular weight excluding hydrogens is 211 g/mol. The predicted octanol–water partition coefficient (Wildman–Crippen LogP) is 1.74. The van der Waals surface area contributed by atoms with E-state index in [4.69, 9.17) is 11.0 Å². The van der Waals surface area contributed by atoms with Crippen LogP contribution < -0.4 is 10.5 Å². The maximum absolute atomic E-state index is 11.9. The zero-order chi connectivity index (χ0) is 11.6. The van der Waals surface area contributed by atoms with Gasteiger partial charge in [0.15, 0.2) is 5.75 Å². The normalized spacial score (nSPS) is 10.9. The van der Waals surface area contributed by atoms with Gasteiger partial charge < -0.3 is 10.5 Å². The minimum atomic E-state index is -4.85. The summed E-state index contributed by atoms with van der Waals surface area (Å²) in [5.74, 6) is -0.662. The average molecular weight is 217 g/mol. The van der Waals surface area contributed by atoms with Gasteiger partial charge in [0.1, 0.15) is 6.07 Å². The zero-order valence-corrected chi connectivity index (χ0v) is 7.59. The summed E-state index contributed by atoms with van der Waals surface area (Å²) in [6.45, 7) is 1.46. The lowest BCUT2D eigenvalue weighted by atomic mass is 10.2. The van der Waals surface area contributed by atoms with Gasteiger partial charge in [-0.25, -0.2) is 0 Å². The van der Waals surface area contributed by atoms with Gasteiger partial charge in [-0.3, -0.25) is 4.98 Å². The molecule has 15 heavy (non-hydrogen) atoms. The Balaban J connectivity index is 3.18. The highest BCUT2D eigenvalue weighted by atomic mass is 19.4. The van der Waals surface area contributed by atoms with E-state index in [2.05, 4.69) is 9.72 Å². The summed E-state index contributed by atoms with van der Waals surface area (Å²) in [6.07, 6.45) is -4.02. The molecule has 0 saturated carbocycles. The van der Waals surface area contributed by atoms with Crippen molar-refractivity contribution < 1.29 is 17.9 Å². The van der Waals surface area contributed by atoms with Crippen LogP contribution in [-0.2, 0) is 0 Å². The first kappa shape index (κ1) is 11.1. The number of anilines is 1. The second kappa shape index (κ2) is 3.65. The molecule has 1 aromatic rings. The number of pyridine rings is 1. The molecule has 0 atom stereocenters. The van der Waals surface area contributed by atoms with Crippen molar-refractivity contribution in [3.8, 4) is 11.8 Å². The SMILES string of the molecule is Cc1ncc(OC(F)(F)F)c(N)c1C#N. The number of hydrogen-bond donors (Lipinski definition) is 1. The van der Waals surface area contributed by atoms with Crippen molar-refractivity contribution in [3.05, 3.63) is 17.5 Å². The summed E-state index contributed by atoms with van der Waals surface area (Å²) in [5, 5.41) is 8.62. The number of aromatic nitrogens is 1. The minimum Gasteiger partial charge on any atom is -0.402 e. The summed E-state index contributed by atoms with van der Waals surface area (Å²) in [4.78, 5) is 3.57. The number of alkyl halides is 3. The van der Waals surface area contributed by atoms with Crippen LogP contribution in [0.2, 0.25) is 0 Å². The molecule has 0 unspecified atom stereocenters. The lowest BCUT2D eigenvalue weighted by Crippen LogP contribution is -2.18. The third kappa shape index (κ3) is 2.49. The van der Waals surface area contributed by atoms with Gasteiger partial charge in [0.05, 0.1) is 23.1 Å². The standard InChI is InChI=1S/C8H6F3N3O/c1-4-5(2-12)7(13)6(3-14-4)15-8(9,10)11/h3H,1H3,(H2,13,14). The van der Waals surface area contributed by atoms with Crippen LogP contribution in [-0.4, -0.2) is 11.3 Å². The van der Waals surface area contributed by atoms with Gasteiger partial charge >= 0.3 is 6.36 Å². The lowest BCUT2D eigenvalue weighted by molar-refractivity contribution is -0.274. The topological polar surface area (TPSA) is 71.9 Å². The van der Waals surface area contributed by atoms with Crippen LogP contribution in [0.1, 0.15) is 11.3 Å². The number of aryl methyl sites for hydroxylation is 1. The first-order chi connectivity index (χ1) is 6.85. The van der Waals surface area contributed by atoms with E-state index in [1.807, 2.05) is 0 Å². The van der Waals surface area contributed by atoms with Crippen LogP contribution in [0.25, 0.3) is 0 Å². The van der Waals surface area contributed by atoms with Crippen molar-refractivity contribution >= 4 is 5.69 Å². The fourth-order valence-corrected chi connectivity index (χ4v) is 0.955. The highest BCUT2D eigenvalue weighted by molar-refractivity contribution is 5.63. The van der Waals surface area contributed by atoms with Crippen LogP contribution in [0.3, 0.4) is 0 Å². The predicted molar refractivity (Wildman–Crippen MR) is 44.8 cm³/mol. The maximum Gasteiger partial charge on any atom is 0.573 e. The quantitative estimate of drug-likeness (QED) is 0.777. The van der Waals surface area contributed by atoms with Crippen molar-refractivity contribution in [1.82, 2.24) is 4.98 Å². The minimum absolute atomic E-state index is 0.114. The number of nitrogens with zero attached hydrogens (tertiary/aromatic N) is 2. The molecule has 2 N–H and O–H groups in total. The largest absolute Gasteiger partial charge is 0.573 e. The smallest absolute Gasteiger partial charge is 0.402 e. The summed E-state index contributed by atoms with van der Waals surface area (Å²) < 4.78 is 39.2. The first-order valence-corrected chi connectivity index (χ1v) is 3.76. The van der Waals surface area contributed by atoms with E-state index < -0.39 is 12.1 Å². The van der Waals surface area contributed by atoms with Crippen LogP contribution in [0.4, 0.5) is 18.9 Å². The molecular formula is C8H6F3N3O. The summed E-state index contributed by atoms with van der Waals surface area (Å²) in [5.41, 5.74) is 5.10. The Labute approximate surface area is 83.1 Å². The highest BCUT2D eigenvalue weighted by Crippen LogP contribution is 2.30. The zero-order valence-electron chi connectivity index (χ0n) is 7.59. The molecule has 0 bridgehead atoms. The molecule has 1 aromatic heterocycles. The maximum atomic E-state index is 11.9. The van der Waals surface area contributed by atoms with E-state index in [1.165, 1.54) is 6.92 Å². The fourth-order valence-electron chi connectivity index (χ4n) is 0.955. The molecule has 0 aliphatic rings. The monoisotopic (exact) mass is 217 g/mol. The summed E-state index contributed by atoms with van der Waals surface area (Å²) >= 11 is 0. The number of nitrogen functional groups attached to an aromatic ring is 1. The molecule has 0 fully saturated rings. The third-order valence-corrected chi connectivity index (χ3v) is 1.61. The third-order valence-electron chi connectivity index (χ3n) is 1.61. The Morgan fingerprint density at radius 2 is 2.13 bits per heavy atom. The van der Waals surface area contributed by atoms with Gasteiger partial charge in [0.25, 0.3) is 0 Å². The average Bonchev–Trinajstić information content (AvgIpc) is 2.09. The molecule has 0 aliphatic carbocycles. The molecule has 0 amide bonds. The Bertz CT molecular complexity index is 422. The van der Waals surface area contributed by atoms with Gasteiger partial charge in [-0.2, -0.15) is 5.26 Å². The van der Waals surface area contributed by atoms with E-state index in [0.717, 1.165) is 6.20 Å². The summed E-state index contributed by atoms with van der Waals surface area (Å²) in [6, 6.07) is 1.65. The fraction of sp³-hybridized carbons (Fsp3) is 0.250. The lowest BCUT2D eigenvalue weighted by Gasteiger charge is -2.11. The molecule has 1 rings (SSSR count). The number of rotatable bonds is 1. The van der Waals surface area contributed by atoms with Crippen molar-refractivity contribution in [2.24, 2.45) is 0 Å². The highest BCUT2D eigenvalue weighted by Gasteiger charge is 2.32. The van der Waals surface area contributed by atoms with E-state index >= 15 is 0 Å². The van der Waals surface area contributed by atoms with Gasteiger partial charge in [-0.05, 0) is 6.92 Å². The van der Waals surface area contributed by atoms with Crippen LogP contribution in [0.5, 0.6) is 5.75 Å². The second-order valence-electron chi connectivity index (χ2n) is 2.66. The van der Waals surface area contributed by atoms with Gasteiger partial charge in [-0.1, -0.05) is 0 Å². The van der Waals surface area contributed by atoms with E-state index in [0.29, 0.717) is 0 Å². The molecule has 0 spiro atoms. The van der Waals surface area contributed by atoms with Crippen LogP contribution in [0.15, 0.2) is 6.20 Å². The van der Waals surface area contributed by atoms with Crippen molar-refractivity contribution in [2.75, 3.05) is 5.73 Å². The van der Waals surface area contributed by atoms with E-state index in [-0.39, 0.29) is 16.9 Å². The number of nitriles is 1. The Morgan fingerprint density at radius 1 is 1.53 bits per heavy atom. The number of ether oxygens (including phenoxy) is 1. The van der Waals surface area contributed by atoms with Crippen molar-refractivity contribution in [3.63, 3.8) is 0 Å². The Morgan fingerprint density at radius 3 is 2.60 bits per heavy atom. The molecule has 0 aromatic carbocycles. The molecule has 1 heterocycles. The van der Waals surface area contributed by atoms with E-state index in [1.54, 1.807) is 6.07 Å². The van der Waals surface area contributed by atoms with Crippen molar-refractivity contribution in [1.29, 1.82) is 5.26 Å². The van der Waals surface area contributed by atoms with Crippen LogP contribution in [0, 0.1) is 18.3 Å². The molecule has 0 aliphatic heterocycles. The number of hydrogen-bond acceptors (Lipinski definition) is 4. The number of halogens is 3. The molecule has 4 nitrogen and oxygen atoms in total. The molecule has 0 radical (unpaired) electrons. The molecule has 7 heteroatoms. The summed E-state index contributed by atoms with van der Waals surface area (Å²) in [7, 11) is 0. The van der Waals surface area contributed by atoms with Crippen molar-refractivity contribution in [2.45, 2.75) is 13.3 Å². The Kier molecular flexibility index (Phi) is 2.70.